The van der Waals surface area contributed by atoms with Crippen LogP contribution in [0.3, 0.4) is 0 Å². The maximum Gasteiger partial charge on any atom is 0.279 e. The second-order valence-electron chi connectivity index (χ2n) is 3.58. The SMILES string of the molecule is CC(=N\NC(N)=S)/C(=N\O)C(=O)Nc1ccc(Cl)cc1. The van der Waals surface area contributed by atoms with E-state index in [-0.39, 0.29) is 16.5 Å². The normalized spacial score (nSPS) is 11.9. The first kappa shape index (κ1) is 15.9. The molecule has 0 saturated carbocycles. The zero-order valence-corrected chi connectivity index (χ0v) is 12.0. The van der Waals surface area contributed by atoms with Crippen LogP contribution in [-0.2, 0) is 4.79 Å². The number of nitrogens with zero attached hydrogens (tertiary/aromatic N) is 2. The van der Waals surface area contributed by atoms with Crippen LogP contribution in [-0.4, -0.2) is 27.7 Å². The van der Waals surface area contributed by atoms with Crippen LogP contribution in [0.2, 0.25) is 5.02 Å². The van der Waals surface area contributed by atoms with Gasteiger partial charge in [-0.15, -0.1) is 0 Å². The van der Waals surface area contributed by atoms with Crippen molar-refractivity contribution in [2.45, 2.75) is 6.92 Å². The van der Waals surface area contributed by atoms with Crippen molar-refractivity contribution >= 4 is 51.9 Å². The first-order valence-corrected chi connectivity index (χ1v) is 6.11. The van der Waals surface area contributed by atoms with Gasteiger partial charge in [0.05, 0.1) is 5.71 Å². The van der Waals surface area contributed by atoms with Crippen molar-refractivity contribution < 1.29 is 10.0 Å². The van der Waals surface area contributed by atoms with Gasteiger partial charge >= 0.3 is 0 Å². The Bertz CT molecular complexity index is 571. The molecule has 9 heteroatoms. The third-order valence-corrected chi connectivity index (χ3v) is 2.44. The van der Waals surface area contributed by atoms with Crippen LogP contribution in [0.25, 0.3) is 0 Å². The molecule has 0 heterocycles. The summed E-state index contributed by atoms with van der Waals surface area (Å²) < 4.78 is 0. The van der Waals surface area contributed by atoms with Gasteiger partial charge in [-0.25, -0.2) is 0 Å². The number of carbonyl (C=O) groups is 1. The monoisotopic (exact) mass is 313 g/mol. The number of amides is 1. The molecule has 1 rings (SSSR count). The fourth-order valence-corrected chi connectivity index (χ4v) is 1.37. The van der Waals surface area contributed by atoms with E-state index in [4.69, 9.17) is 22.5 Å². The highest BCUT2D eigenvalue weighted by Crippen LogP contribution is 2.13. The molecule has 0 bridgehead atoms. The molecule has 20 heavy (non-hydrogen) atoms. The van der Waals surface area contributed by atoms with Crippen molar-refractivity contribution in [1.29, 1.82) is 0 Å². The number of thiocarbonyl (C=S) groups is 1. The van der Waals surface area contributed by atoms with Gasteiger partial charge in [-0.05, 0) is 43.4 Å². The largest absolute Gasteiger partial charge is 0.410 e. The fourth-order valence-electron chi connectivity index (χ4n) is 1.20. The summed E-state index contributed by atoms with van der Waals surface area (Å²) in [6, 6.07) is 6.44. The third-order valence-electron chi connectivity index (χ3n) is 2.09. The Labute approximate surface area is 125 Å². The molecule has 0 aliphatic rings. The Hall–Kier alpha value is -2.19. The van der Waals surface area contributed by atoms with Crippen LogP contribution in [0.4, 0.5) is 5.69 Å². The van der Waals surface area contributed by atoms with Crippen molar-refractivity contribution in [3.8, 4) is 0 Å². The Kier molecular flexibility index (Phi) is 5.88. The third kappa shape index (κ3) is 4.82. The first-order chi connectivity index (χ1) is 9.43. The van der Waals surface area contributed by atoms with Crippen molar-refractivity contribution in [3.63, 3.8) is 0 Å². The molecular weight excluding hydrogens is 302 g/mol. The van der Waals surface area contributed by atoms with Crippen LogP contribution < -0.4 is 16.5 Å². The molecule has 0 atom stereocenters. The minimum Gasteiger partial charge on any atom is -0.410 e. The lowest BCUT2D eigenvalue weighted by molar-refractivity contribution is -0.110. The highest BCUT2D eigenvalue weighted by Gasteiger charge is 2.16. The zero-order chi connectivity index (χ0) is 15.1. The smallest absolute Gasteiger partial charge is 0.279 e. The highest BCUT2D eigenvalue weighted by molar-refractivity contribution is 7.80. The molecule has 106 valence electrons. The van der Waals surface area contributed by atoms with E-state index in [0.29, 0.717) is 10.7 Å². The summed E-state index contributed by atoms with van der Waals surface area (Å²) in [5, 5.41) is 18.5. The summed E-state index contributed by atoms with van der Waals surface area (Å²) in [5.74, 6) is -0.638. The standard InChI is InChI=1S/C11H12ClN5O2S/c1-6(15-16-11(13)20)9(17-19)10(18)14-8-4-2-7(12)3-5-8/h2-5,19H,1H3,(H,14,18)(H3,13,16,20)/b15-6+,17-9+. The number of carbonyl (C=O) groups excluding carboxylic acids is 1. The van der Waals surface area contributed by atoms with Gasteiger partial charge in [-0.3, -0.25) is 10.2 Å². The minimum atomic E-state index is -0.638. The number of halogens is 1. The summed E-state index contributed by atoms with van der Waals surface area (Å²) in [6.45, 7) is 1.46. The van der Waals surface area contributed by atoms with E-state index in [1.807, 2.05) is 0 Å². The minimum absolute atomic E-state index is 0.0697. The maximum absolute atomic E-state index is 11.9. The maximum atomic E-state index is 11.9. The zero-order valence-electron chi connectivity index (χ0n) is 10.4. The lowest BCUT2D eigenvalue weighted by Crippen LogP contribution is -2.32. The number of rotatable bonds is 4. The number of hydrazone groups is 1. The summed E-state index contributed by atoms with van der Waals surface area (Å²) in [6.07, 6.45) is 0. The number of oxime groups is 1. The van der Waals surface area contributed by atoms with Crippen LogP contribution in [0, 0.1) is 0 Å². The predicted octanol–water partition coefficient (Wildman–Crippen LogP) is 1.32. The number of hydrogen-bond donors (Lipinski definition) is 4. The van der Waals surface area contributed by atoms with Crippen molar-refractivity contribution in [2.75, 3.05) is 5.32 Å². The van der Waals surface area contributed by atoms with Crippen molar-refractivity contribution in [2.24, 2.45) is 16.0 Å². The molecule has 0 saturated heterocycles. The second-order valence-corrected chi connectivity index (χ2v) is 4.46. The Morgan fingerprint density at radius 3 is 2.50 bits per heavy atom. The molecule has 0 spiro atoms. The van der Waals surface area contributed by atoms with Gasteiger partial charge in [-0.2, -0.15) is 5.10 Å². The second kappa shape index (κ2) is 7.41. The van der Waals surface area contributed by atoms with Gasteiger partial charge in [0.1, 0.15) is 0 Å². The van der Waals surface area contributed by atoms with Gasteiger partial charge in [0.2, 0.25) is 0 Å². The lowest BCUT2D eigenvalue weighted by Gasteiger charge is -2.06. The molecule has 7 nitrogen and oxygen atoms in total. The average Bonchev–Trinajstić information content (AvgIpc) is 2.40. The molecule has 1 aromatic rings. The molecular formula is C11H12ClN5O2S. The summed E-state index contributed by atoms with van der Waals surface area (Å²) in [4.78, 5) is 11.9. The molecule has 0 fully saturated rings. The van der Waals surface area contributed by atoms with Crippen LogP contribution >= 0.6 is 23.8 Å². The van der Waals surface area contributed by atoms with E-state index in [1.54, 1.807) is 24.3 Å². The van der Waals surface area contributed by atoms with Gasteiger partial charge in [0.25, 0.3) is 5.91 Å². The molecule has 0 radical (unpaired) electrons. The summed E-state index contributed by atoms with van der Waals surface area (Å²) in [5.41, 5.74) is 7.83. The molecule has 0 unspecified atom stereocenters. The lowest BCUT2D eigenvalue weighted by atomic mass is 10.2. The topological polar surface area (TPSA) is 112 Å². The van der Waals surface area contributed by atoms with E-state index < -0.39 is 5.91 Å². The molecule has 0 aromatic heterocycles. The number of nitrogens with two attached hydrogens (primary N) is 1. The van der Waals surface area contributed by atoms with Gasteiger partial charge in [-0.1, -0.05) is 16.8 Å². The van der Waals surface area contributed by atoms with Crippen LogP contribution in [0.15, 0.2) is 34.5 Å². The molecule has 5 N–H and O–H groups in total. The average molecular weight is 314 g/mol. The highest BCUT2D eigenvalue weighted by atomic mass is 35.5. The number of hydrogen-bond acceptors (Lipinski definition) is 5. The van der Waals surface area contributed by atoms with Crippen molar-refractivity contribution in [3.05, 3.63) is 29.3 Å². The summed E-state index contributed by atoms with van der Waals surface area (Å²) >= 11 is 10.3. The van der Waals surface area contributed by atoms with E-state index in [1.165, 1.54) is 6.92 Å². The Morgan fingerprint density at radius 2 is 2.00 bits per heavy atom. The number of anilines is 1. The molecule has 1 aromatic carbocycles. The molecule has 1 amide bonds. The van der Waals surface area contributed by atoms with Gasteiger partial charge < -0.3 is 16.3 Å². The molecule has 0 aliphatic heterocycles. The van der Waals surface area contributed by atoms with Gasteiger partial charge in [0.15, 0.2) is 10.8 Å². The number of nitrogens with one attached hydrogen (secondary N) is 2. The quantitative estimate of drug-likeness (QED) is 0.290. The van der Waals surface area contributed by atoms with Gasteiger partial charge in [0, 0.05) is 10.7 Å². The van der Waals surface area contributed by atoms with E-state index in [9.17, 15) is 4.79 Å². The van der Waals surface area contributed by atoms with Crippen LogP contribution in [0.5, 0.6) is 0 Å². The van der Waals surface area contributed by atoms with Crippen LogP contribution in [0.1, 0.15) is 6.92 Å². The van der Waals surface area contributed by atoms with E-state index in [2.05, 4.69) is 33.2 Å². The molecule has 0 aliphatic carbocycles. The summed E-state index contributed by atoms with van der Waals surface area (Å²) in [7, 11) is 0. The number of benzene rings is 1. The van der Waals surface area contributed by atoms with E-state index in [0.717, 1.165) is 0 Å². The fraction of sp³-hybridized carbons (Fsp3) is 0.0909. The van der Waals surface area contributed by atoms with Crippen molar-refractivity contribution in [1.82, 2.24) is 5.43 Å². The Morgan fingerprint density at radius 1 is 1.40 bits per heavy atom. The predicted molar refractivity (Wildman–Crippen MR) is 82.3 cm³/mol. The van der Waals surface area contributed by atoms with E-state index >= 15 is 0 Å². The first-order valence-electron chi connectivity index (χ1n) is 5.33. The Balaban J connectivity index is 2.80.